The van der Waals surface area contributed by atoms with Gasteiger partial charge >= 0.3 is 5.97 Å². The van der Waals surface area contributed by atoms with Gasteiger partial charge in [0.05, 0.1) is 30.2 Å². The Hall–Kier alpha value is -4.00. The number of esters is 1. The predicted molar refractivity (Wildman–Crippen MR) is 145 cm³/mol. The van der Waals surface area contributed by atoms with Crippen LogP contribution < -0.4 is 5.73 Å². The molecule has 0 bridgehead atoms. The molecule has 0 radical (unpaired) electrons. The molecule has 1 amide bonds. The van der Waals surface area contributed by atoms with Gasteiger partial charge in [-0.2, -0.15) is 0 Å². The van der Waals surface area contributed by atoms with Crippen LogP contribution in [0.4, 0.5) is 0 Å². The van der Waals surface area contributed by atoms with Crippen molar-refractivity contribution >= 4 is 35.3 Å². The Bertz CT molecular complexity index is 1420. The van der Waals surface area contributed by atoms with Crippen molar-refractivity contribution in [3.8, 4) is 5.75 Å². The highest BCUT2D eigenvalue weighted by Crippen LogP contribution is 2.56. The lowest BCUT2D eigenvalue weighted by Crippen LogP contribution is -2.70. The molecule has 1 aromatic carbocycles. The summed E-state index contributed by atoms with van der Waals surface area (Å²) in [4.78, 5) is 52.9. The van der Waals surface area contributed by atoms with Crippen molar-refractivity contribution in [2.75, 3.05) is 20.7 Å². The quantitative estimate of drug-likeness (QED) is 0.117. The van der Waals surface area contributed by atoms with Crippen molar-refractivity contribution in [3.05, 3.63) is 51.8 Å². The van der Waals surface area contributed by atoms with Crippen molar-refractivity contribution in [1.29, 1.82) is 0 Å². The fourth-order valence-corrected chi connectivity index (χ4v) is 6.40. The van der Waals surface area contributed by atoms with E-state index in [1.54, 1.807) is 6.92 Å². The topological polar surface area (TPSA) is 208 Å². The first-order valence-corrected chi connectivity index (χ1v) is 13.2. The zero-order valence-corrected chi connectivity index (χ0v) is 23.1. The maximum absolute atomic E-state index is 14.0. The van der Waals surface area contributed by atoms with E-state index >= 15 is 0 Å². The van der Waals surface area contributed by atoms with Crippen LogP contribution in [0.3, 0.4) is 0 Å². The summed E-state index contributed by atoms with van der Waals surface area (Å²) in [6.45, 7) is 3.81. The van der Waals surface area contributed by atoms with Gasteiger partial charge in [0.25, 0.3) is 5.91 Å². The van der Waals surface area contributed by atoms with E-state index < -0.39 is 87.4 Å². The number of aliphatic hydroxyl groups is 4. The van der Waals surface area contributed by atoms with Crippen LogP contribution in [-0.4, -0.2) is 92.3 Å². The molecule has 0 spiro atoms. The number of aromatic hydroxyl groups is 1. The van der Waals surface area contributed by atoms with Gasteiger partial charge in [0.2, 0.25) is 5.78 Å². The molecule has 1 aromatic rings. The number of carbonyl (C=O) groups excluding carboxylic acids is 4. The molecule has 0 saturated heterocycles. The number of nitrogens with two attached hydrogens (primary N) is 1. The highest BCUT2D eigenvalue weighted by Gasteiger charge is 2.68. The number of benzene rings is 1. The van der Waals surface area contributed by atoms with Gasteiger partial charge in [-0.25, -0.2) is 4.79 Å². The molecule has 6 atom stereocenters. The molecule has 0 aliphatic heterocycles. The summed E-state index contributed by atoms with van der Waals surface area (Å²) >= 11 is 0. The van der Waals surface area contributed by atoms with Crippen LogP contribution in [0, 0.1) is 11.8 Å². The number of amides is 1. The molecule has 4 rings (SSSR count). The van der Waals surface area contributed by atoms with E-state index in [1.165, 1.54) is 43.3 Å². The molecule has 220 valence electrons. The normalized spacial score (nSPS) is 29.5. The van der Waals surface area contributed by atoms with E-state index in [2.05, 4.69) is 0 Å². The van der Waals surface area contributed by atoms with Crippen LogP contribution in [0.1, 0.15) is 49.3 Å². The average molecular weight is 571 g/mol. The standard InChI is InChI=1S/C29H34N2O10/c1-5-6-11-41-15(33)10-8-13-7-9-14(32)18-16(13)12(2)17-19(23(18)34)26(37)29(40)21(24(17)35)22(31(3)4)25(36)20(27(29)38)28(30)39/h7-10,12,17,21-22,24,32,34-35,38,40H,5-6,11H2,1-4H3,(H2,30,39)/b10-8+/t12-,17+,21+,22-,24-,29-/m1/s1. The summed E-state index contributed by atoms with van der Waals surface area (Å²) in [7, 11) is 2.87. The third-order valence-electron chi connectivity index (χ3n) is 8.28. The molecule has 12 heteroatoms. The number of nitrogens with zero attached hydrogens (tertiary/aromatic N) is 1. The molecule has 3 aliphatic rings. The van der Waals surface area contributed by atoms with Crippen LogP contribution in [0.2, 0.25) is 0 Å². The number of likely N-dealkylation sites (N-methyl/N-ethyl adjacent to an activating group) is 1. The first-order chi connectivity index (χ1) is 19.2. The SMILES string of the molecule is CCCCOC(=O)/C=C/c1ccc(O)c2c1[C@@H](C)[C@H]1C(=C2O)C(=O)[C@@]2(O)C(O)=C(C(N)=O)C(=O)[C@H](N(C)C)[C@H]2[C@@H]1O. The van der Waals surface area contributed by atoms with Gasteiger partial charge in [-0.05, 0) is 49.7 Å². The highest BCUT2D eigenvalue weighted by atomic mass is 16.5. The fourth-order valence-electron chi connectivity index (χ4n) is 6.40. The summed E-state index contributed by atoms with van der Waals surface area (Å²) < 4.78 is 5.14. The first kappa shape index (κ1) is 30.0. The van der Waals surface area contributed by atoms with E-state index in [-0.39, 0.29) is 12.2 Å². The summed E-state index contributed by atoms with van der Waals surface area (Å²) in [5, 5.41) is 56.5. The van der Waals surface area contributed by atoms with Crippen molar-refractivity contribution in [1.82, 2.24) is 4.90 Å². The lowest BCUT2D eigenvalue weighted by atomic mass is 9.54. The van der Waals surface area contributed by atoms with Crippen LogP contribution in [0.15, 0.2) is 35.1 Å². The molecule has 1 saturated carbocycles. The Morgan fingerprint density at radius 1 is 1.17 bits per heavy atom. The lowest BCUT2D eigenvalue weighted by molar-refractivity contribution is -0.169. The number of hydrogen-bond acceptors (Lipinski definition) is 11. The van der Waals surface area contributed by atoms with E-state index in [0.717, 1.165) is 6.42 Å². The van der Waals surface area contributed by atoms with E-state index in [4.69, 9.17) is 10.5 Å². The van der Waals surface area contributed by atoms with E-state index in [1.807, 2.05) is 6.92 Å². The number of unbranched alkanes of at least 4 members (excludes halogenated alkanes) is 1. The Kier molecular flexibility index (Phi) is 7.87. The number of rotatable bonds is 7. The summed E-state index contributed by atoms with van der Waals surface area (Å²) in [5.41, 5.74) is 1.38. The number of primary amides is 1. The van der Waals surface area contributed by atoms with Gasteiger partial charge in [-0.1, -0.05) is 26.3 Å². The Balaban J connectivity index is 1.93. The number of phenolic OH excluding ortho intramolecular Hbond substituents is 1. The molecular formula is C29H34N2O10. The molecular weight excluding hydrogens is 536 g/mol. The Morgan fingerprint density at radius 2 is 1.83 bits per heavy atom. The van der Waals surface area contributed by atoms with Crippen LogP contribution in [0.5, 0.6) is 5.75 Å². The second-order valence-electron chi connectivity index (χ2n) is 10.9. The predicted octanol–water partition coefficient (Wildman–Crippen LogP) is 0.852. The minimum atomic E-state index is -2.99. The van der Waals surface area contributed by atoms with E-state index in [9.17, 15) is 44.7 Å². The van der Waals surface area contributed by atoms with Gasteiger partial charge in [0, 0.05) is 17.6 Å². The Morgan fingerprint density at radius 3 is 2.41 bits per heavy atom. The summed E-state index contributed by atoms with van der Waals surface area (Å²) in [6, 6.07) is 1.29. The van der Waals surface area contributed by atoms with Crippen molar-refractivity contribution in [3.63, 3.8) is 0 Å². The molecule has 7 N–H and O–H groups in total. The zero-order chi connectivity index (χ0) is 30.5. The van der Waals surface area contributed by atoms with Gasteiger partial charge in [0.1, 0.15) is 22.8 Å². The summed E-state index contributed by atoms with van der Waals surface area (Å²) in [6.07, 6.45) is 2.42. The smallest absolute Gasteiger partial charge is 0.330 e. The molecule has 3 aliphatic carbocycles. The van der Waals surface area contributed by atoms with E-state index in [0.29, 0.717) is 17.5 Å². The van der Waals surface area contributed by atoms with Crippen LogP contribution in [0.25, 0.3) is 11.8 Å². The number of fused-ring (bicyclic) bond motifs is 3. The second-order valence-corrected chi connectivity index (χ2v) is 10.9. The van der Waals surface area contributed by atoms with Gasteiger partial charge in [-0.15, -0.1) is 0 Å². The monoisotopic (exact) mass is 570 g/mol. The van der Waals surface area contributed by atoms with Crippen LogP contribution in [-0.2, 0) is 23.9 Å². The maximum Gasteiger partial charge on any atom is 0.330 e. The third kappa shape index (κ3) is 4.42. The molecule has 0 unspecified atom stereocenters. The van der Waals surface area contributed by atoms with Crippen LogP contribution >= 0.6 is 0 Å². The van der Waals surface area contributed by atoms with Crippen molar-refractivity contribution in [2.45, 2.75) is 50.4 Å². The number of hydrogen-bond donors (Lipinski definition) is 6. The minimum absolute atomic E-state index is 0.164. The van der Waals surface area contributed by atoms with Crippen molar-refractivity contribution < 1.29 is 49.4 Å². The molecule has 0 aromatic heterocycles. The number of Topliss-reactive ketones (excluding diaryl/α,β-unsaturated/α-hetero) is 2. The second kappa shape index (κ2) is 10.8. The van der Waals surface area contributed by atoms with Gasteiger partial charge in [-0.3, -0.25) is 19.3 Å². The fraction of sp³-hybridized carbons (Fsp3) is 0.448. The van der Waals surface area contributed by atoms with Gasteiger partial charge < -0.3 is 36.0 Å². The van der Waals surface area contributed by atoms with Gasteiger partial charge in [0.15, 0.2) is 11.4 Å². The molecule has 0 heterocycles. The highest BCUT2D eigenvalue weighted by molar-refractivity contribution is 6.24. The lowest BCUT2D eigenvalue weighted by Gasteiger charge is -2.53. The van der Waals surface area contributed by atoms with Crippen molar-refractivity contribution in [2.24, 2.45) is 17.6 Å². The number of carbonyl (C=O) groups is 4. The maximum atomic E-state index is 14.0. The molecule has 1 fully saturated rings. The number of aliphatic hydroxyl groups excluding tert-OH is 3. The third-order valence-corrected chi connectivity index (χ3v) is 8.28. The zero-order valence-electron chi connectivity index (χ0n) is 23.1. The minimum Gasteiger partial charge on any atom is -0.508 e. The Labute approximate surface area is 236 Å². The molecule has 12 nitrogen and oxygen atoms in total. The number of ketones is 2. The largest absolute Gasteiger partial charge is 0.508 e. The number of phenols is 1. The summed E-state index contributed by atoms with van der Waals surface area (Å²) in [5.74, 6) is -10.4. The average Bonchev–Trinajstić information content (AvgIpc) is 2.89. The first-order valence-electron chi connectivity index (χ1n) is 13.2. The number of ether oxygens (including phenoxy) is 1. The molecule has 41 heavy (non-hydrogen) atoms.